The maximum Gasteiger partial charge on any atom is 0.416 e. The highest BCUT2D eigenvalue weighted by molar-refractivity contribution is 5.91. The van der Waals surface area contributed by atoms with Gasteiger partial charge in [-0.15, -0.1) is 0 Å². The van der Waals surface area contributed by atoms with Crippen LogP contribution in [0.15, 0.2) is 95.6 Å². The summed E-state index contributed by atoms with van der Waals surface area (Å²) in [6.45, 7) is 2.48. The number of amides is 1. The van der Waals surface area contributed by atoms with Crippen molar-refractivity contribution >= 4 is 5.91 Å². The van der Waals surface area contributed by atoms with Crippen LogP contribution >= 0.6 is 0 Å². The zero-order valence-corrected chi connectivity index (χ0v) is 20.7. The summed E-state index contributed by atoms with van der Waals surface area (Å²) in [6, 6.07) is 24.4. The lowest BCUT2D eigenvalue weighted by atomic mass is 10.0. The first kappa shape index (κ1) is 26.2. The fraction of sp³-hybridized carbons (Fsp3) is 0.241. The Balaban J connectivity index is 1.56. The van der Waals surface area contributed by atoms with E-state index >= 15 is 0 Å². The van der Waals surface area contributed by atoms with E-state index in [0.717, 1.165) is 17.2 Å². The zero-order valence-electron chi connectivity index (χ0n) is 20.7. The molecule has 0 bridgehead atoms. The van der Waals surface area contributed by atoms with E-state index < -0.39 is 11.7 Å². The number of hydrogen-bond acceptors (Lipinski definition) is 4. The SMILES string of the molecule is C[C@H](c1ccccc1)N(Cc1nc(C(=O)N(C)Cc2ccccc2)co1)Cc1ccccc1C(F)(F)F. The maximum atomic E-state index is 13.7. The van der Waals surface area contributed by atoms with Crippen molar-refractivity contribution in [2.75, 3.05) is 7.05 Å². The Morgan fingerprint density at radius 2 is 1.51 bits per heavy atom. The van der Waals surface area contributed by atoms with Crippen LogP contribution in [0.3, 0.4) is 0 Å². The van der Waals surface area contributed by atoms with Crippen LogP contribution in [0, 0.1) is 0 Å². The Morgan fingerprint density at radius 3 is 2.19 bits per heavy atom. The van der Waals surface area contributed by atoms with E-state index in [1.165, 1.54) is 18.4 Å². The van der Waals surface area contributed by atoms with Gasteiger partial charge in [0.05, 0.1) is 12.1 Å². The smallest absolute Gasteiger partial charge is 0.416 e. The van der Waals surface area contributed by atoms with Crippen LogP contribution in [0.5, 0.6) is 0 Å². The summed E-state index contributed by atoms with van der Waals surface area (Å²) < 4.78 is 46.7. The Kier molecular flexibility index (Phi) is 8.08. The first-order valence-electron chi connectivity index (χ1n) is 11.9. The van der Waals surface area contributed by atoms with Crippen molar-refractivity contribution in [3.8, 4) is 0 Å². The highest BCUT2D eigenvalue weighted by atomic mass is 19.4. The molecule has 4 rings (SSSR count). The number of benzene rings is 3. The van der Waals surface area contributed by atoms with E-state index in [4.69, 9.17) is 4.42 Å². The molecule has 8 heteroatoms. The summed E-state index contributed by atoms with van der Waals surface area (Å²) in [5.41, 5.74) is 1.55. The Hall–Kier alpha value is -3.91. The minimum Gasteiger partial charge on any atom is -0.447 e. The van der Waals surface area contributed by atoms with Gasteiger partial charge >= 0.3 is 6.18 Å². The Bertz CT molecular complexity index is 1310. The number of carbonyl (C=O) groups excluding carboxylic acids is 1. The minimum atomic E-state index is -4.47. The number of rotatable bonds is 9. The van der Waals surface area contributed by atoms with Gasteiger partial charge in [-0.3, -0.25) is 9.69 Å². The molecule has 1 heterocycles. The molecule has 37 heavy (non-hydrogen) atoms. The molecule has 0 unspecified atom stereocenters. The van der Waals surface area contributed by atoms with Crippen LogP contribution in [0.4, 0.5) is 13.2 Å². The van der Waals surface area contributed by atoms with E-state index in [-0.39, 0.29) is 42.2 Å². The van der Waals surface area contributed by atoms with Crippen molar-refractivity contribution in [2.45, 2.75) is 38.8 Å². The number of oxazole rings is 1. The lowest BCUT2D eigenvalue weighted by Gasteiger charge is -2.29. The Labute approximate surface area is 214 Å². The molecular weight excluding hydrogens is 479 g/mol. The second-order valence-electron chi connectivity index (χ2n) is 8.92. The summed E-state index contributed by atoms with van der Waals surface area (Å²) in [4.78, 5) is 20.7. The second-order valence-corrected chi connectivity index (χ2v) is 8.92. The van der Waals surface area contributed by atoms with Gasteiger partial charge in [-0.2, -0.15) is 13.2 Å². The van der Waals surface area contributed by atoms with Crippen molar-refractivity contribution in [2.24, 2.45) is 0 Å². The normalized spacial score (nSPS) is 12.5. The zero-order chi connectivity index (χ0) is 26.4. The number of carbonyl (C=O) groups is 1. The van der Waals surface area contributed by atoms with Crippen LogP contribution in [0.1, 0.15) is 51.6 Å². The van der Waals surface area contributed by atoms with E-state index in [9.17, 15) is 18.0 Å². The van der Waals surface area contributed by atoms with Gasteiger partial charge in [-0.25, -0.2) is 4.98 Å². The molecule has 1 amide bonds. The molecule has 3 aromatic carbocycles. The summed E-state index contributed by atoms with van der Waals surface area (Å²) in [5, 5.41) is 0. The van der Waals surface area contributed by atoms with Gasteiger partial charge in [0.2, 0.25) is 5.89 Å². The van der Waals surface area contributed by atoms with Crippen LogP contribution in [0.25, 0.3) is 0 Å². The third kappa shape index (κ3) is 6.65. The van der Waals surface area contributed by atoms with Gasteiger partial charge in [-0.05, 0) is 29.7 Å². The van der Waals surface area contributed by atoms with E-state index in [1.54, 1.807) is 18.0 Å². The highest BCUT2D eigenvalue weighted by Crippen LogP contribution is 2.34. The van der Waals surface area contributed by atoms with Crippen molar-refractivity contribution in [3.63, 3.8) is 0 Å². The molecule has 0 fully saturated rings. The molecular formula is C29H28F3N3O2. The fourth-order valence-corrected chi connectivity index (χ4v) is 4.21. The monoisotopic (exact) mass is 507 g/mol. The summed E-state index contributed by atoms with van der Waals surface area (Å²) in [7, 11) is 1.68. The second kappa shape index (κ2) is 11.4. The fourth-order valence-electron chi connectivity index (χ4n) is 4.21. The molecule has 4 aromatic rings. The Morgan fingerprint density at radius 1 is 0.892 bits per heavy atom. The molecule has 0 N–H and O–H groups in total. The largest absolute Gasteiger partial charge is 0.447 e. The van der Waals surface area contributed by atoms with Gasteiger partial charge < -0.3 is 9.32 Å². The molecule has 1 aromatic heterocycles. The van der Waals surface area contributed by atoms with Crippen LogP contribution in [0.2, 0.25) is 0 Å². The van der Waals surface area contributed by atoms with Gasteiger partial charge in [0.25, 0.3) is 5.91 Å². The summed E-state index contributed by atoms with van der Waals surface area (Å²) >= 11 is 0. The average molecular weight is 508 g/mol. The van der Waals surface area contributed by atoms with Crippen molar-refractivity contribution in [3.05, 3.63) is 125 Å². The van der Waals surface area contributed by atoms with Crippen LogP contribution in [-0.4, -0.2) is 27.7 Å². The molecule has 0 aliphatic heterocycles. The molecule has 0 aliphatic rings. The van der Waals surface area contributed by atoms with Crippen molar-refractivity contribution in [1.29, 1.82) is 0 Å². The van der Waals surface area contributed by atoms with Gasteiger partial charge in [0.1, 0.15) is 6.26 Å². The molecule has 0 aliphatic carbocycles. The van der Waals surface area contributed by atoms with E-state index in [0.29, 0.717) is 6.54 Å². The van der Waals surface area contributed by atoms with Crippen molar-refractivity contribution in [1.82, 2.24) is 14.8 Å². The maximum absolute atomic E-state index is 13.7. The molecule has 0 spiro atoms. The number of alkyl halides is 3. The molecule has 0 radical (unpaired) electrons. The van der Waals surface area contributed by atoms with Crippen LogP contribution in [-0.2, 0) is 25.8 Å². The third-order valence-corrected chi connectivity index (χ3v) is 6.24. The number of hydrogen-bond donors (Lipinski definition) is 0. The van der Waals surface area contributed by atoms with E-state index in [1.807, 2.05) is 72.5 Å². The van der Waals surface area contributed by atoms with Gasteiger partial charge in [0.15, 0.2) is 5.69 Å². The standard InChI is InChI=1S/C29H28F3N3O2/c1-21(23-13-7-4-8-14-23)35(18-24-15-9-10-16-25(24)29(30,31)32)19-27-33-26(20-37-27)28(36)34(2)17-22-11-5-3-6-12-22/h3-16,20-21H,17-19H2,1-2H3/t21-/m1/s1. The third-order valence-electron chi connectivity index (χ3n) is 6.24. The number of halogens is 3. The van der Waals surface area contributed by atoms with Crippen LogP contribution < -0.4 is 0 Å². The molecule has 5 nitrogen and oxygen atoms in total. The summed E-state index contributed by atoms with van der Waals surface area (Å²) in [5.74, 6) is -0.0485. The predicted octanol–water partition coefficient (Wildman–Crippen LogP) is 6.73. The first-order valence-corrected chi connectivity index (χ1v) is 11.9. The van der Waals surface area contributed by atoms with E-state index in [2.05, 4.69) is 4.98 Å². The average Bonchev–Trinajstić information content (AvgIpc) is 3.36. The summed E-state index contributed by atoms with van der Waals surface area (Å²) in [6.07, 6.45) is -3.17. The lowest BCUT2D eigenvalue weighted by Crippen LogP contribution is -2.28. The van der Waals surface area contributed by atoms with Crippen molar-refractivity contribution < 1.29 is 22.4 Å². The predicted molar refractivity (Wildman–Crippen MR) is 134 cm³/mol. The molecule has 0 saturated heterocycles. The molecule has 192 valence electrons. The van der Waals surface area contributed by atoms with Gasteiger partial charge in [0, 0.05) is 26.2 Å². The highest BCUT2D eigenvalue weighted by Gasteiger charge is 2.34. The first-order chi connectivity index (χ1) is 17.7. The molecule has 1 atom stereocenters. The number of aromatic nitrogens is 1. The molecule has 0 saturated carbocycles. The topological polar surface area (TPSA) is 49.6 Å². The minimum absolute atomic E-state index is 0.0192. The quantitative estimate of drug-likeness (QED) is 0.252. The lowest BCUT2D eigenvalue weighted by molar-refractivity contribution is -0.138. The van der Waals surface area contributed by atoms with Gasteiger partial charge in [-0.1, -0.05) is 78.9 Å². The number of nitrogens with zero attached hydrogens (tertiary/aromatic N) is 3.